The van der Waals surface area contributed by atoms with Crippen LogP contribution in [0.1, 0.15) is 217 Å². The Morgan fingerprint density at radius 2 is 0.788 bits per heavy atom. The van der Waals surface area contributed by atoms with Crippen LogP contribution in [0.25, 0.3) is 22.5 Å². The van der Waals surface area contributed by atoms with Crippen LogP contribution in [0.2, 0.25) is 0 Å². The Balaban J connectivity index is 0.905. The third-order valence-electron chi connectivity index (χ3n) is 26.0. The predicted molar refractivity (Wildman–Crippen MR) is 518 cm³/mol. The van der Waals surface area contributed by atoms with Crippen molar-refractivity contribution in [2.24, 2.45) is 5.92 Å². The third kappa shape index (κ3) is 40.5. The van der Waals surface area contributed by atoms with Crippen molar-refractivity contribution in [1.82, 2.24) is 52.2 Å². The molecule has 24 atom stereocenters. The molecule has 0 aliphatic carbocycles. The fraction of sp³-hybridized carbons (Fsp3) is 0.742. The quantitative estimate of drug-likeness (QED) is 0.0176. The summed E-state index contributed by atoms with van der Waals surface area (Å²) in [5.41, 5.74) is 3.95. The standard InChI is InChI=1S/C97H156N11O37P/c1-2-140-146(134,135)141-53-29-12-7-20-44-99-73(115)41-42-76(118)107-55-61-30-15-16-31-63(61)77-78(64-32-17-18-33-67(64)107)108(106-105-77)48-24-13-14-34-74(116)103-65(92(132)101-46-22-5-10-27-51-138-96-89(129)85(125)81(121)70(58-111)144-96)37-36-62(113)54-60(91(131)100-45-21-4-9-26-50-137-95-88(128)84(124)80(120)69(57-110)143-95)35-39-75(117)104-66(93(133)102-47-23-6-11-28-52-139-97-90(130)86(126)82(122)71(59-112)145-97)38-40-72(114)98-43-19-3-8-25-49-136-94-87(127)83(123)79(119)68(56-109)142-94/h2,15-18,30-33,60,65-66,68-71,79-90,94-97,109-112,119-130H,1,3-14,19-29,34-59H2,(H,98,114)(H,99,115)(H,100,131)(H,101,132)(H,102,133)(H,103,116)(H,104,117)(H,134,135)/t60?,65?,66?,68-,69-,70-,71-,79?,80?,81?,82?,83?,84?,85?,86?,87?,88?,89?,90?,94+,95+,96+,97+/m1/s1. The first-order valence-electron chi connectivity index (χ1n) is 51.1. The summed E-state index contributed by atoms with van der Waals surface area (Å²) in [5, 5.41) is 191. The Morgan fingerprint density at radius 1 is 0.411 bits per heavy atom. The van der Waals surface area contributed by atoms with Gasteiger partial charge in [0, 0.05) is 128 Å². The highest BCUT2D eigenvalue weighted by atomic mass is 31.2. The molecule has 6 heterocycles. The molecule has 8 amide bonds. The molecule has 16 unspecified atom stereocenters. The van der Waals surface area contributed by atoms with Gasteiger partial charge in [-0.3, -0.25) is 52.6 Å². The van der Waals surface area contributed by atoms with E-state index in [-0.39, 0.29) is 129 Å². The van der Waals surface area contributed by atoms with E-state index < -0.39 is 229 Å². The molecule has 24 N–H and O–H groups in total. The Kier molecular flexibility index (Phi) is 55.9. The number of nitrogens with one attached hydrogen (secondary N) is 7. The molecular weight excluding hydrogens is 1940 g/mol. The van der Waals surface area contributed by atoms with Crippen molar-refractivity contribution < 1.29 is 181 Å². The zero-order chi connectivity index (χ0) is 106. The number of unbranched alkanes of at least 4 members (excludes halogenated alkanes) is 17. The molecule has 4 saturated heterocycles. The van der Waals surface area contributed by atoms with Crippen LogP contribution in [0, 0.1) is 5.92 Å². The molecule has 2 aromatic carbocycles. The SMILES string of the molecule is C=COP(=O)(O)OCCCCCCNC(=O)CCC(=O)N1Cc2ccccc2-c2nnn(CCCCCC(=O)NC(CCC(=O)CC(CCC(=O)NC(CCC(=O)NCCCCCCO[C@H]3O[C@H](CO)C(O)C(O)C3O)C(=O)NCCCCCCO[C@H]3O[C@H](CO)C(O)C(O)C3O)C(=O)NCCCCCCO[C@H]3O[C@H](CO)C(O)C(O)C3O)C(=O)NCCCCCCO[C@H]3O[C@H](CO)C(O)C(O)C3O)c2-c2ccccc21. The van der Waals surface area contributed by atoms with Gasteiger partial charge in [0.2, 0.25) is 47.3 Å². The number of Topliss-reactive ketones (excluding diaryl/α,β-unsaturated/α-hetero) is 1. The average molecular weight is 2100 g/mol. The number of hydrogen-bond acceptors (Lipinski definition) is 38. The molecule has 5 aliphatic heterocycles. The maximum Gasteiger partial charge on any atom is 0.526 e. The van der Waals surface area contributed by atoms with Gasteiger partial charge in [-0.25, -0.2) is 9.25 Å². The summed E-state index contributed by atoms with van der Waals surface area (Å²) in [7, 11) is -4.20. The number of aromatic nitrogens is 3. The number of hydrogen-bond donors (Lipinski definition) is 24. The second kappa shape index (κ2) is 66.4. The first kappa shape index (κ1) is 123. The summed E-state index contributed by atoms with van der Waals surface area (Å²) in [5.74, 6) is -5.91. The molecule has 5 aliphatic rings. The van der Waals surface area contributed by atoms with E-state index in [1.807, 2.05) is 48.5 Å². The lowest BCUT2D eigenvalue weighted by Crippen LogP contribution is -2.59. The minimum atomic E-state index is -4.20. The van der Waals surface area contributed by atoms with Crippen LogP contribution in [0.4, 0.5) is 5.69 Å². The number of carbonyl (C=O) groups is 9. The zero-order valence-electron chi connectivity index (χ0n) is 82.8. The number of amides is 8. The Hall–Kier alpha value is -8.26. The van der Waals surface area contributed by atoms with Gasteiger partial charge in [-0.1, -0.05) is 125 Å². The molecule has 49 heteroatoms. The first-order chi connectivity index (χ1) is 70.2. The van der Waals surface area contributed by atoms with Gasteiger partial charge in [0.1, 0.15) is 121 Å². The lowest BCUT2D eigenvalue weighted by atomic mass is 9.93. The number of aliphatic hydroxyl groups is 16. The summed E-state index contributed by atoms with van der Waals surface area (Å²) >= 11 is 0. The van der Waals surface area contributed by atoms with Gasteiger partial charge in [-0.2, -0.15) is 0 Å². The number of aryl methyl sites for hydroxylation is 1. The fourth-order valence-corrected chi connectivity index (χ4v) is 18.0. The number of fused-ring (bicyclic) bond motifs is 5. The minimum Gasteiger partial charge on any atom is -0.413 e. The molecule has 4 fully saturated rings. The summed E-state index contributed by atoms with van der Waals surface area (Å²) < 4.78 is 67.0. The van der Waals surface area contributed by atoms with Crippen molar-refractivity contribution in [2.75, 3.05) is 97.1 Å². The Morgan fingerprint density at radius 3 is 1.23 bits per heavy atom. The molecule has 0 bridgehead atoms. The van der Waals surface area contributed by atoms with E-state index in [9.17, 15) is 134 Å². The van der Waals surface area contributed by atoms with E-state index in [1.54, 1.807) is 9.58 Å². The van der Waals surface area contributed by atoms with Crippen LogP contribution in [0.15, 0.2) is 61.4 Å². The molecule has 8 rings (SSSR count). The van der Waals surface area contributed by atoms with Crippen molar-refractivity contribution in [3.8, 4) is 22.5 Å². The lowest BCUT2D eigenvalue weighted by molar-refractivity contribution is -0.301. The highest BCUT2D eigenvalue weighted by Crippen LogP contribution is 2.44. The molecule has 0 spiro atoms. The summed E-state index contributed by atoms with van der Waals surface area (Å²) in [6, 6.07) is 12.2. The van der Waals surface area contributed by atoms with Crippen molar-refractivity contribution in [3.05, 3.63) is 66.9 Å². The highest BCUT2D eigenvalue weighted by molar-refractivity contribution is 7.47. The van der Waals surface area contributed by atoms with Gasteiger partial charge in [0.15, 0.2) is 25.2 Å². The zero-order valence-corrected chi connectivity index (χ0v) is 83.7. The number of anilines is 1. The van der Waals surface area contributed by atoms with Gasteiger partial charge in [-0.05, 0) is 108 Å². The summed E-state index contributed by atoms with van der Waals surface area (Å²) in [6.07, 6.45) is -18.8. The smallest absolute Gasteiger partial charge is 0.413 e. The Bertz CT molecular complexity index is 4450. The van der Waals surface area contributed by atoms with Gasteiger partial charge in [0.05, 0.1) is 57.2 Å². The third-order valence-corrected chi connectivity index (χ3v) is 27.0. The number of aliphatic hydroxyl groups excluding tert-OH is 16. The number of para-hydroxylation sites is 1. The highest BCUT2D eigenvalue weighted by Gasteiger charge is 2.48. The number of ether oxygens (including phenoxy) is 8. The number of phosphoric acid groups is 1. The van der Waals surface area contributed by atoms with E-state index in [0.717, 1.165) is 17.4 Å². The van der Waals surface area contributed by atoms with Crippen molar-refractivity contribution >= 4 is 66.6 Å². The van der Waals surface area contributed by atoms with Crippen molar-refractivity contribution in [2.45, 2.75) is 360 Å². The molecule has 0 radical (unpaired) electrons. The van der Waals surface area contributed by atoms with Gasteiger partial charge in [0.25, 0.3) is 0 Å². The monoisotopic (exact) mass is 2100 g/mol. The van der Waals surface area contributed by atoms with Crippen LogP contribution in [0.5, 0.6) is 0 Å². The van der Waals surface area contributed by atoms with Crippen LogP contribution < -0.4 is 42.1 Å². The minimum absolute atomic E-state index is 0.00112. The van der Waals surface area contributed by atoms with E-state index >= 15 is 0 Å². The molecular formula is C97H156N11O37P. The number of benzene rings is 2. The van der Waals surface area contributed by atoms with E-state index in [1.165, 1.54) is 0 Å². The van der Waals surface area contributed by atoms with Crippen molar-refractivity contribution in [1.29, 1.82) is 0 Å². The molecule has 1 aromatic heterocycles. The molecule has 146 heavy (non-hydrogen) atoms. The van der Waals surface area contributed by atoms with Crippen LogP contribution in [0.3, 0.4) is 0 Å². The van der Waals surface area contributed by atoms with E-state index in [2.05, 4.69) is 58.6 Å². The van der Waals surface area contributed by atoms with Gasteiger partial charge < -0.3 is 166 Å². The second-order valence-electron chi connectivity index (χ2n) is 37.3. The normalized spacial score (nSPS) is 25.5. The fourth-order valence-electron chi connectivity index (χ4n) is 17.4. The number of nitrogens with zero attached hydrogens (tertiary/aromatic N) is 4. The Labute approximate surface area is 848 Å². The number of ketones is 1. The van der Waals surface area contributed by atoms with Crippen LogP contribution >= 0.6 is 7.82 Å². The van der Waals surface area contributed by atoms with Gasteiger partial charge >= 0.3 is 7.82 Å². The van der Waals surface area contributed by atoms with Crippen LogP contribution in [-0.4, -0.2) is 382 Å². The molecule has 3 aromatic rings. The predicted octanol–water partition coefficient (Wildman–Crippen LogP) is -1.39. The lowest BCUT2D eigenvalue weighted by Gasteiger charge is -2.39. The van der Waals surface area contributed by atoms with Crippen LogP contribution in [-0.2, 0) is 108 Å². The number of rotatable bonds is 71. The van der Waals surface area contributed by atoms with E-state index in [0.29, 0.717) is 183 Å². The second-order valence-corrected chi connectivity index (χ2v) is 38.7. The average Bonchev–Trinajstić information content (AvgIpc) is 1.55. The topological polar surface area (TPSA) is 725 Å². The first-order valence-corrected chi connectivity index (χ1v) is 52.6. The van der Waals surface area contributed by atoms with Crippen molar-refractivity contribution in [3.63, 3.8) is 0 Å². The molecule has 826 valence electrons. The number of carbonyl (C=O) groups excluding carboxylic acids is 9. The maximum absolute atomic E-state index is 14.5. The largest absolute Gasteiger partial charge is 0.526 e. The van der Waals surface area contributed by atoms with Gasteiger partial charge in [-0.15, -0.1) is 5.10 Å². The van der Waals surface area contributed by atoms with E-state index in [4.69, 9.17) is 42.4 Å². The summed E-state index contributed by atoms with van der Waals surface area (Å²) in [6.45, 7) is 2.37. The maximum atomic E-state index is 14.5. The number of phosphoric ester groups is 1. The molecule has 48 nitrogen and oxygen atoms in total. The molecule has 0 saturated carbocycles. The summed E-state index contributed by atoms with van der Waals surface area (Å²) in [4.78, 5) is 138.